The first-order valence-electron chi connectivity index (χ1n) is 6.44. The maximum atomic E-state index is 10.5. The zero-order valence-electron chi connectivity index (χ0n) is 12.1. The van der Waals surface area contributed by atoms with Crippen molar-refractivity contribution >= 4 is 15.9 Å². The Morgan fingerprint density at radius 2 is 2.10 bits per heavy atom. The van der Waals surface area contributed by atoms with Gasteiger partial charge in [0.25, 0.3) is 0 Å². The summed E-state index contributed by atoms with van der Waals surface area (Å²) in [5, 5.41) is 14.8. The summed E-state index contributed by atoms with van der Waals surface area (Å²) >= 11 is 3.46. The van der Waals surface area contributed by atoms with Gasteiger partial charge in [-0.25, -0.2) is 0 Å². The van der Waals surface area contributed by atoms with Gasteiger partial charge in [0.15, 0.2) is 0 Å². The van der Waals surface area contributed by atoms with E-state index in [9.17, 15) is 5.11 Å². The van der Waals surface area contributed by atoms with Crippen LogP contribution in [-0.2, 0) is 13.5 Å². The van der Waals surface area contributed by atoms with Crippen LogP contribution < -0.4 is 4.74 Å². The number of aromatic nitrogens is 2. The first kappa shape index (κ1) is 15.1. The molecule has 5 heteroatoms. The van der Waals surface area contributed by atoms with Crippen LogP contribution in [-0.4, -0.2) is 22.0 Å². The average molecular weight is 339 g/mol. The zero-order valence-corrected chi connectivity index (χ0v) is 13.7. The Morgan fingerprint density at radius 3 is 2.60 bits per heavy atom. The van der Waals surface area contributed by atoms with Gasteiger partial charge in [-0.05, 0) is 47.5 Å². The van der Waals surface area contributed by atoms with Gasteiger partial charge in [-0.2, -0.15) is 5.10 Å². The van der Waals surface area contributed by atoms with E-state index in [1.54, 1.807) is 11.8 Å². The molecule has 0 bridgehead atoms. The second kappa shape index (κ2) is 5.97. The number of hydrogen-bond acceptors (Lipinski definition) is 3. The lowest BCUT2D eigenvalue weighted by atomic mass is 10.00. The zero-order chi connectivity index (χ0) is 14.9. The van der Waals surface area contributed by atoms with Gasteiger partial charge in [0, 0.05) is 24.7 Å². The second-order valence-corrected chi connectivity index (χ2v) is 5.75. The van der Waals surface area contributed by atoms with Crippen LogP contribution in [0.2, 0.25) is 0 Å². The van der Waals surface area contributed by atoms with E-state index in [0.29, 0.717) is 6.42 Å². The molecule has 0 radical (unpaired) electrons. The van der Waals surface area contributed by atoms with E-state index in [2.05, 4.69) is 21.0 Å². The molecule has 108 valence electrons. The third kappa shape index (κ3) is 2.88. The minimum atomic E-state index is -0.552. The number of ether oxygens (including phenoxy) is 1. The van der Waals surface area contributed by atoms with Crippen molar-refractivity contribution in [1.82, 2.24) is 9.78 Å². The molecule has 0 spiro atoms. The lowest BCUT2D eigenvalue weighted by Gasteiger charge is -2.13. The SMILES string of the molecule is COc1ccc(CC(O)c2c(C)nn(C)c2C)cc1Br. The van der Waals surface area contributed by atoms with Crippen molar-refractivity contribution in [1.29, 1.82) is 0 Å². The van der Waals surface area contributed by atoms with Crippen molar-refractivity contribution in [3.63, 3.8) is 0 Å². The van der Waals surface area contributed by atoms with E-state index in [1.165, 1.54) is 0 Å². The molecule has 0 aliphatic carbocycles. The molecular weight excluding hydrogens is 320 g/mol. The van der Waals surface area contributed by atoms with Crippen molar-refractivity contribution in [3.8, 4) is 5.75 Å². The Kier molecular flexibility index (Phi) is 4.50. The summed E-state index contributed by atoms with van der Waals surface area (Å²) in [4.78, 5) is 0. The van der Waals surface area contributed by atoms with Gasteiger partial charge in [0.2, 0.25) is 0 Å². The van der Waals surface area contributed by atoms with E-state index >= 15 is 0 Å². The Labute approximate surface area is 127 Å². The van der Waals surface area contributed by atoms with Crippen LogP contribution in [0.4, 0.5) is 0 Å². The highest BCUT2D eigenvalue weighted by atomic mass is 79.9. The van der Waals surface area contributed by atoms with E-state index in [0.717, 1.165) is 32.7 Å². The van der Waals surface area contributed by atoms with Crippen molar-refractivity contribution in [3.05, 3.63) is 45.2 Å². The van der Waals surface area contributed by atoms with Crippen molar-refractivity contribution in [2.24, 2.45) is 7.05 Å². The number of aliphatic hydroxyl groups is 1. The Balaban J connectivity index is 2.23. The third-order valence-corrected chi connectivity index (χ3v) is 4.16. The predicted molar refractivity (Wildman–Crippen MR) is 82.0 cm³/mol. The molecule has 2 rings (SSSR count). The van der Waals surface area contributed by atoms with Crippen molar-refractivity contribution < 1.29 is 9.84 Å². The largest absolute Gasteiger partial charge is 0.496 e. The molecule has 1 atom stereocenters. The standard InChI is InChI=1S/C15H19BrN2O2/c1-9-15(10(2)18(3)17-9)13(19)8-11-5-6-14(20-4)12(16)7-11/h5-7,13,19H,8H2,1-4H3. The van der Waals surface area contributed by atoms with Gasteiger partial charge in [0.05, 0.1) is 23.4 Å². The normalized spacial score (nSPS) is 12.5. The van der Waals surface area contributed by atoms with Crippen LogP contribution in [0.15, 0.2) is 22.7 Å². The Hall–Kier alpha value is -1.33. The van der Waals surface area contributed by atoms with Gasteiger partial charge < -0.3 is 9.84 Å². The summed E-state index contributed by atoms with van der Waals surface area (Å²) < 4.78 is 7.90. The summed E-state index contributed by atoms with van der Waals surface area (Å²) in [7, 11) is 3.53. The average Bonchev–Trinajstić information content (AvgIpc) is 2.63. The first-order chi connectivity index (χ1) is 9.43. The lowest BCUT2D eigenvalue weighted by Crippen LogP contribution is -2.05. The molecule has 4 nitrogen and oxygen atoms in total. The molecule has 1 aromatic carbocycles. The number of benzene rings is 1. The molecule has 0 aliphatic heterocycles. The van der Waals surface area contributed by atoms with Crippen LogP contribution in [0.25, 0.3) is 0 Å². The second-order valence-electron chi connectivity index (χ2n) is 4.90. The van der Waals surface area contributed by atoms with Gasteiger partial charge in [-0.1, -0.05) is 6.07 Å². The number of rotatable bonds is 4. The minimum absolute atomic E-state index is 0.552. The van der Waals surface area contributed by atoms with Crippen LogP contribution in [0.1, 0.15) is 28.6 Å². The highest BCUT2D eigenvalue weighted by molar-refractivity contribution is 9.10. The third-order valence-electron chi connectivity index (χ3n) is 3.54. The highest BCUT2D eigenvalue weighted by Gasteiger charge is 2.18. The van der Waals surface area contributed by atoms with E-state index in [4.69, 9.17) is 4.74 Å². The van der Waals surface area contributed by atoms with E-state index in [1.807, 2.05) is 39.1 Å². The summed E-state index contributed by atoms with van der Waals surface area (Å²) in [6, 6.07) is 5.84. The molecule has 2 aromatic rings. The number of halogens is 1. The van der Waals surface area contributed by atoms with Gasteiger partial charge in [-0.3, -0.25) is 4.68 Å². The maximum Gasteiger partial charge on any atom is 0.133 e. The maximum absolute atomic E-state index is 10.5. The van der Waals surface area contributed by atoms with Crippen LogP contribution in [0.5, 0.6) is 5.75 Å². The molecule has 20 heavy (non-hydrogen) atoms. The quantitative estimate of drug-likeness (QED) is 0.931. The van der Waals surface area contributed by atoms with Gasteiger partial charge in [-0.15, -0.1) is 0 Å². The molecule has 1 heterocycles. The summed E-state index contributed by atoms with van der Waals surface area (Å²) in [5.41, 5.74) is 3.85. The molecule has 0 aliphatic rings. The molecule has 1 unspecified atom stereocenters. The number of aryl methyl sites for hydroxylation is 2. The summed E-state index contributed by atoms with van der Waals surface area (Å²) in [6.07, 6.45) is -0.000301. The molecule has 0 saturated heterocycles. The van der Waals surface area contributed by atoms with Crippen molar-refractivity contribution in [2.45, 2.75) is 26.4 Å². The molecule has 0 fully saturated rings. The summed E-state index contributed by atoms with van der Waals surface area (Å²) in [5.74, 6) is 0.789. The fourth-order valence-corrected chi connectivity index (χ4v) is 3.02. The molecular formula is C15H19BrN2O2. The topological polar surface area (TPSA) is 47.3 Å². The highest BCUT2D eigenvalue weighted by Crippen LogP contribution is 2.29. The van der Waals surface area contributed by atoms with Crippen LogP contribution in [0, 0.1) is 13.8 Å². The number of aliphatic hydroxyl groups excluding tert-OH is 1. The summed E-state index contributed by atoms with van der Waals surface area (Å²) in [6.45, 7) is 3.90. The van der Waals surface area contributed by atoms with Gasteiger partial charge >= 0.3 is 0 Å². The first-order valence-corrected chi connectivity index (χ1v) is 7.24. The monoisotopic (exact) mass is 338 g/mol. The molecule has 0 saturated carbocycles. The number of methoxy groups -OCH3 is 1. The Bertz CT molecular complexity index is 623. The van der Waals surface area contributed by atoms with Crippen LogP contribution in [0.3, 0.4) is 0 Å². The fraction of sp³-hybridized carbons (Fsp3) is 0.400. The van der Waals surface area contributed by atoms with Gasteiger partial charge in [0.1, 0.15) is 5.75 Å². The molecule has 0 amide bonds. The fourth-order valence-electron chi connectivity index (χ4n) is 2.43. The number of hydrogen-bond donors (Lipinski definition) is 1. The van der Waals surface area contributed by atoms with Crippen LogP contribution >= 0.6 is 15.9 Å². The smallest absolute Gasteiger partial charge is 0.133 e. The van der Waals surface area contributed by atoms with E-state index in [-0.39, 0.29) is 0 Å². The Morgan fingerprint density at radius 1 is 1.40 bits per heavy atom. The molecule has 1 aromatic heterocycles. The predicted octanol–water partition coefficient (Wildman–Crippen LogP) is 3.08. The minimum Gasteiger partial charge on any atom is -0.496 e. The lowest BCUT2D eigenvalue weighted by molar-refractivity contribution is 0.177. The van der Waals surface area contributed by atoms with E-state index < -0.39 is 6.10 Å². The van der Waals surface area contributed by atoms with Crippen molar-refractivity contribution in [2.75, 3.05) is 7.11 Å². The molecule has 1 N–H and O–H groups in total. The number of nitrogens with zero attached hydrogens (tertiary/aromatic N) is 2.